The summed E-state index contributed by atoms with van der Waals surface area (Å²) < 4.78 is 2.65. The molecule has 0 bridgehead atoms. The lowest BCUT2D eigenvalue weighted by atomic mass is 10.3. The van der Waals surface area contributed by atoms with Gasteiger partial charge in [0.2, 0.25) is 5.91 Å². The van der Waals surface area contributed by atoms with Crippen molar-refractivity contribution in [1.82, 2.24) is 20.2 Å². The second-order valence-electron chi connectivity index (χ2n) is 4.89. The van der Waals surface area contributed by atoms with E-state index >= 15 is 0 Å². The van der Waals surface area contributed by atoms with Crippen LogP contribution in [0.1, 0.15) is 5.82 Å². The van der Waals surface area contributed by atoms with Gasteiger partial charge < -0.3 is 5.32 Å². The SMILES string of the molecule is O=C(CSCc1nnnn1-c1ccccc1)Nc1ccc(Br)cc1. The third-order valence-electron chi connectivity index (χ3n) is 3.13. The number of rotatable bonds is 6. The fraction of sp³-hybridized carbons (Fsp3) is 0.125. The third-order valence-corrected chi connectivity index (χ3v) is 4.58. The van der Waals surface area contributed by atoms with Crippen LogP contribution in [0, 0.1) is 0 Å². The molecule has 1 heterocycles. The minimum absolute atomic E-state index is 0.0546. The van der Waals surface area contributed by atoms with Gasteiger partial charge >= 0.3 is 0 Å². The summed E-state index contributed by atoms with van der Waals surface area (Å²) in [6.07, 6.45) is 0. The Morgan fingerprint density at radius 3 is 2.62 bits per heavy atom. The van der Waals surface area contributed by atoms with Crippen molar-refractivity contribution < 1.29 is 4.79 Å². The Labute approximate surface area is 151 Å². The highest BCUT2D eigenvalue weighted by atomic mass is 79.9. The number of aromatic nitrogens is 4. The molecule has 24 heavy (non-hydrogen) atoms. The van der Waals surface area contributed by atoms with Crippen LogP contribution in [-0.4, -0.2) is 31.9 Å². The molecule has 6 nitrogen and oxygen atoms in total. The number of para-hydroxylation sites is 1. The first-order chi connectivity index (χ1) is 11.7. The first-order valence-corrected chi connectivity index (χ1v) is 9.13. The van der Waals surface area contributed by atoms with E-state index in [0.717, 1.165) is 15.8 Å². The van der Waals surface area contributed by atoms with Crippen LogP contribution in [0.3, 0.4) is 0 Å². The number of amides is 1. The highest BCUT2D eigenvalue weighted by molar-refractivity contribution is 9.10. The van der Waals surface area contributed by atoms with E-state index in [4.69, 9.17) is 0 Å². The van der Waals surface area contributed by atoms with Gasteiger partial charge in [0.15, 0.2) is 5.82 Å². The van der Waals surface area contributed by atoms with E-state index in [0.29, 0.717) is 17.3 Å². The van der Waals surface area contributed by atoms with E-state index in [1.54, 1.807) is 4.68 Å². The van der Waals surface area contributed by atoms with Crippen LogP contribution in [0.2, 0.25) is 0 Å². The van der Waals surface area contributed by atoms with Crippen LogP contribution < -0.4 is 5.32 Å². The molecule has 0 saturated carbocycles. The highest BCUT2D eigenvalue weighted by Crippen LogP contribution is 2.16. The Hall–Kier alpha value is -2.19. The van der Waals surface area contributed by atoms with Crippen molar-refractivity contribution in [3.05, 3.63) is 64.9 Å². The van der Waals surface area contributed by atoms with Crippen molar-refractivity contribution in [3.63, 3.8) is 0 Å². The molecule has 8 heteroatoms. The predicted molar refractivity (Wildman–Crippen MR) is 98.1 cm³/mol. The molecule has 0 aliphatic carbocycles. The van der Waals surface area contributed by atoms with Crippen LogP contribution in [-0.2, 0) is 10.5 Å². The summed E-state index contributed by atoms with van der Waals surface area (Å²) in [5.74, 6) is 1.54. The molecule has 0 spiro atoms. The van der Waals surface area contributed by atoms with Gasteiger partial charge in [-0.25, -0.2) is 0 Å². The minimum Gasteiger partial charge on any atom is -0.325 e. The molecule has 1 N–H and O–H groups in total. The Kier molecular flexibility index (Phi) is 5.60. The maximum atomic E-state index is 12.0. The average molecular weight is 404 g/mol. The van der Waals surface area contributed by atoms with Gasteiger partial charge in [-0.1, -0.05) is 34.1 Å². The van der Waals surface area contributed by atoms with Gasteiger partial charge in [-0.15, -0.1) is 16.9 Å². The molecule has 0 saturated heterocycles. The van der Waals surface area contributed by atoms with E-state index < -0.39 is 0 Å². The molecule has 2 aromatic carbocycles. The molecular weight excluding hydrogens is 390 g/mol. The Balaban J connectivity index is 1.53. The quantitative estimate of drug-likeness (QED) is 0.683. The largest absolute Gasteiger partial charge is 0.325 e. The van der Waals surface area contributed by atoms with Crippen molar-refractivity contribution in [3.8, 4) is 5.69 Å². The number of nitrogens with zero attached hydrogens (tertiary/aromatic N) is 4. The summed E-state index contributed by atoms with van der Waals surface area (Å²) in [5.41, 5.74) is 1.68. The molecule has 0 unspecified atom stereocenters. The molecule has 0 aliphatic rings. The summed E-state index contributed by atoms with van der Waals surface area (Å²) in [5, 5.41) is 14.6. The van der Waals surface area contributed by atoms with Crippen LogP contribution in [0.25, 0.3) is 5.69 Å². The number of carbonyl (C=O) groups is 1. The van der Waals surface area contributed by atoms with Crippen LogP contribution in [0.5, 0.6) is 0 Å². The molecule has 0 radical (unpaired) electrons. The first-order valence-electron chi connectivity index (χ1n) is 7.18. The fourth-order valence-electron chi connectivity index (χ4n) is 2.03. The normalized spacial score (nSPS) is 10.5. The Morgan fingerprint density at radius 1 is 1.12 bits per heavy atom. The molecule has 122 valence electrons. The number of carbonyl (C=O) groups excluding carboxylic acids is 1. The van der Waals surface area contributed by atoms with Gasteiger partial charge in [-0.3, -0.25) is 4.79 Å². The number of hydrogen-bond acceptors (Lipinski definition) is 5. The van der Waals surface area contributed by atoms with E-state index in [9.17, 15) is 4.79 Å². The lowest BCUT2D eigenvalue weighted by molar-refractivity contribution is -0.113. The molecule has 0 fully saturated rings. The number of halogens is 1. The minimum atomic E-state index is -0.0546. The van der Waals surface area contributed by atoms with Crippen molar-refractivity contribution in [2.24, 2.45) is 0 Å². The lowest BCUT2D eigenvalue weighted by Crippen LogP contribution is -2.14. The van der Waals surface area contributed by atoms with Crippen molar-refractivity contribution >= 4 is 39.3 Å². The zero-order chi connectivity index (χ0) is 16.8. The molecule has 3 aromatic rings. The number of nitrogens with one attached hydrogen (secondary N) is 1. The summed E-state index contributed by atoms with van der Waals surface area (Å²) in [7, 11) is 0. The second kappa shape index (κ2) is 8.07. The topological polar surface area (TPSA) is 72.7 Å². The van der Waals surface area contributed by atoms with Crippen LogP contribution in [0.15, 0.2) is 59.1 Å². The van der Waals surface area contributed by atoms with E-state index in [1.807, 2.05) is 54.6 Å². The first kappa shape index (κ1) is 16.7. The average Bonchev–Trinajstić information content (AvgIpc) is 3.06. The molecular formula is C16H14BrN5OS. The second-order valence-corrected chi connectivity index (χ2v) is 6.79. The summed E-state index contributed by atoms with van der Waals surface area (Å²) in [6.45, 7) is 0. The maximum Gasteiger partial charge on any atom is 0.234 e. The third kappa shape index (κ3) is 4.42. The predicted octanol–water partition coefficient (Wildman–Crippen LogP) is 3.30. The zero-order valence-corrected chi connectivity index (χ0v) is 15.0. The molecule has 0 aliphatic heterocycles. The molecule has 3 rings (SSSR count). The Bertz CT molecular complexity index is 807. The summed E-state index contributed by atoms with van der Waals surface area (Å²) >= 11 is 4.83. The summed E-state index contributed by atoms with van der Waals surface area (Å²) in [6, 6.07) is 17.1. The van der Waals surface area contributed by atoms with Gasteiger partial charge in [0.05, 0.1) is 17.2 Å². The number of tetrazole rings is 1. The zero-order valence-electron chi connectivity index (χ0n) is 12.6. The number of benzene rings is 2. The van der Waals surface area contributed by atoms with E-state index in [-0.39, 0.29) is 5.91 Å². The summed E-state index contributed by atoms with van der Waals surface area (Å²) in [4.78, 5) is 12.0. The fourth-order valence-corrected chi connectivity index (χ4v) is 3.02. The standard InChI is InChI=1S/C16H14BrN5OS/c17-12-6-8-13(9-7-12)18-16(23)11-24-10-15-19-20-21-22(15)14-4-2-1-3-5-14/h1-9H,10-11H2,(H,18,23). The van der Waals surface area contributed by atoms with Crippen molar-refractivity contribution in [2.45, 2.75) is 5.75 Å². The molecule has 1 amide bonds. The smallest absolute Gasteiger partial charge is 0.234 e. The van der Waals surface area contributed by atoms with Gasteiger partial charge in [-0.2, -0.15) is 4.68 Å². The van der Waals surface area contributed by atoms with Gasteiger partial charge in [-0.05, 0) is 46.8 Å². The van der Waals surface area contributed by atoms with Gasteiger partial charge in [0.25, 0.3) is 0 Å². The number of anilines is 1. The molecule has 1 aromatic heterocycles. The highest BCUT2D eigenvalue weighted by Gasteiger charge is 2.09. The molecule has 0 atom stereocenters. The lowest BCUT2D eigenvalue weighted by Gasteiger charge is -2.06. The van der Waals surface area contributed by atoms with Crippen molar-refractivity contribution in [2.75, 3.05) is 11.1 Å². The maximum absolute atomic E-state index is 12.0. The van der Waals surface area contributed by atoms with E-state index in [2.05, 4.69) is 36.8 Å². The van der Waals surface area contributed by atoms with Gasteiger partial charge in [0.1, 0.15) is 0 Å². The Morgan fingerprint density at radius 2 is 1.88 bits per heavy atom. The van der Waals surface area contributed by atoms with Gasteiger partial charge in [0, 0.05) is 10.2 Å². The van der Waals surface area contributed by atoms with Crippen LogP contribution in [0.4, 0.5) is 5.69 Å². The number of thioether (sulfide) groups is 1. The monoisotopic (exact) mass is 403 g/mol. The van der Waals surface area contributed by atoms with Crippen LogP contribution >= 0.6 is 27.7 Å². The number of hydrogen-bond donors (Lipinski definition) is 1. The van der Waals surface area contributed by atoms with E-state index in [1.165, 1.54) is 11.8 Å². The van der Waals surface area contributed by atoms with Crippen molar-refractivity contribution in [1.29, 1.82) is 0 Å².